The number of rotatable bonds is 2. The van der Waals surface area contributed by atoms with Gasteiger partial charge < -0.3 is 0 Å². The third-order valence-electron chi connectivity index (χ3n) is 2.68. The summed E-state index contributed by atoms with van der Waals surface area (Å²) >= 11 is 0. The first kappa shape index (κ1) is 11.8. The molecule has 0 amide bonds. The van der Waals surface area contributed by atoms with E-state index in [1.807, 2.05) is 12.3 Å². The van der Waals surface area contributed by atoms with Gasteiger partial charge >= 0.3 is 0 Å². The Hall–Kier alpha value is -1.63. The zero-order chi connectivity index (χ0) is 12.3. The van der Waals surface area contributed by atoms with Gasteiger partial charge in [-0.25, -0.2) is 0 Å². The van der Waals surface area contributed by atoms with E-state index >= 15 is 0 Å². The summed E-state index contributed by atoms with van der Waals surface area (Å²) in [5.41, 5.74) is 4.14. The van der Waals surface area contributed by atoms with Crippen LogP contribution in [0.15, 0.2) is 48.8 Å². The molecule has 0 saturated heterocycles. The van der Waals surface area contributed by atoms with Crippen LogP contribution in [0.3, 0.4) is 0 Å². The molecule has 0 saturated carbocycles. The van der Waals surface area contributed by atoms with Crippen LogP contribution in [0.25, 0.3) is 11.1 Å². The Labute approximate surface area is 104 Å². The molecule has 0 fully saturated rings. The molecular weight excluding hydrogens is 206 g/mol. The second kappa shape index (κ2) is 4.70. The highest BCUT2D eigenvalue weighted by Crippen LogP contribution is 2.23. The van der Waals surface area contributed by atoms with Crippen LogP contribution in [0.1, 0.15) is 26.3 Å². The lowest BCUT2D eigenvalue weighted by atomic mass is 9.88. The van der Waals surface area contributed by atoms with Gasteiger partial charge in [0.15, 0.2) is 0 Å². The van der Waals surface area contributed by atoms with Crippen molar-refractivity contribution in [3.05, 3.63) is 54.4 Å². The molecule has 1 nitrogen and oxygen atoms in total. The van der Waals surface area contributed by atoms with E-state index in [9.17, 15) is 0 Å². The molecule has 88 valence electrons. The van der Waals surface area contributed by atoms with E-state index in [-0.39, 0.29) is 0 Å². The van der Waals surface area contributed by atoms with Crippen LogP contribution in [0.4, 0.5) is 0 Å². The maximum atomic E-state index is 4.14. The van der Waals surface area contributed by atoms with Crippen LogP contribution >= 0.6 is 0 Å². The van der Waals surface area contributed by atoms with E-state index in [1.54, 1.807) is 6.20 Å². The first-order valence-electron chi connectivity index (χ1n) is 6.04. The normalized spacial score (nSPS) is 11.5. The van der Waals surface area contributed by atoms with Gasteiger partial charge in [-0.05, 0) is 34.6 Å². The monoisotopic (exact) mass is 225 g/mol. The molecule has 1 aromatic heterocycles. The third kappa shape index (κ3) is 3.42. The van der Waals surface area contributed by atoms with E-state index in [0.717, 1.165) is 6.42 Å². The highest BCUT2D eigenvalue weighted by molar-refractivity contribution is 5.62. The quantitative estimate of drug-likeness (QED) is 0.741. The highest BCUT2D eigenvalue weighted by Gasteiger charge is 2.10. The summed E-state index contributed by atoms with van der Waals surface area (Å²) < 4.78 is 0. The molecule has 0 spiro atoms. The molecule has 0 aliphatic carbocycles. The fraction of sp³-hybridized carbons (Fsp3) is 0.312. The summed E-state index contributed by atoms with van der Waals surface area (Å²) in [5, 5.41) is 0. The summed E-state index contributed by atoms with van der Waals surface area (Å²) in [4.78, 5) is 4.14. The van der Waals surface area contributed by atoms with Crippen molar-refractivity contribution in [2.75, 3.05) is 0 Å². The number of nitrogens with zero attached hydrogens (tertiary/aromatic N) is 1. The summed E-state index contributed by atoms with van der Waals surface area (Å²) in [6.45, 7) is 6.80. The average molecular weight is 225 g/mol. The van der Waals surface area contributed by atoms with Crippen molar-refractivity contribution in [3.8, 4) is 11.1 Å². The highest BCUT2D eigenvalue weighted by atomic mass is 14.6. The number of hydrogen-bond acceptors (Lipinski definition) is 1. The first-order chi connectivity index (χ1) is 8.04. The van der Waals surface area contributed by atoms with E-state index in [1.165, 1.54) is 16.7 Å². The fourth-order valence-corrected chi connectivity index (χ4v) is 1.96. The Balaban J connectivity index is 2.19. The second-order valence-corrected chi connectivity index (χ2v) is 5.68. The van der Waals surface area contributed by atoms with E-state index < -0.39 is 0 Å². The zero-order valence-electron chi connectivity index (χ0n) is 10.8. The summed E-state index contributed by atoms with van der Waals surface area (Å²) in [6, 6.07) is 12.8. The molecule has 0 aliphatic rings. The Morgan fingerprint density at radius 2 is 1.65 bits per heavy atom. The van der Waals surface area contributed by atoms with Crippen LogP contribution in [-0.2, 0) is 6.42 Å². The van der Waals surface area contributed by atoms with Gasteiger partial charge in [0.2, 0.25) is 0 Å². The van der Waals surface area contributed by atoms with Crippen molar-refractivity contribution >= 4 is 0 Å². The Morgan fingerprint density at radius 1 is 0.941 bits per heavy atom. The topological polar surface area (TPSA) is 12.9 Å². The summed E-state index contributed by atoms with van der Waals surface area (Å²) in [6.07, 6.45) is 4.82. The first-order valence-corrected chi connectivity index (χ1v) is 6.04. The molecule has 17 heavy (non-hydrogen) atoms. The van der Waals surface area contributed by atoms with Gasteiger partial charge in [-0.2, -0.15) is 0 Å². The molecule has 0 radical (unpaired) electrons. The minimum absolute atomic E-state index is 0.343. The van der Waals surface area contributed by atoms with Crippen LogP contribution < -0.4 is 0 Å². The molecule has 0 bridgehead atoms. The lowest BCUT2D eigenvalue weighted by Crippen LogP contribution is -2.08. The van der Waals surface area contributed by atoms with Crippen LogP contribution in [-0.4, -0.2) is 4.98 Å². The van der Waals surface area contributed by atoms with Gasteiger partial charge in [-0.3, -0.25) is 4.98 Å². The minimum atomic E-state index is 0.343. The van der Waals surface area contributed by atoms with Crippen molar-refractivity contribution in [1.82, 2.24) is 4.98 Å². The van der Waals surface area contributed by atoms with Gasteiger partial charge in [0.25, 0.3) is 0 Å². The molecule has 2 aromatic rings. The fourth-order valence-electron chi connectivity index (χ4n) is 1.96. The predicted molar refractivity (Wildman–Crippen MR) is 72.8 cm³/mol. The average Bonchev–Trinajstić information content (AvgIpc) is 2.29. The maximum absolute atomic E-state index is 4.14. The maximum Gasteiger partial charge on any atom is 0.0346 e. The van der Waals surface area contributed by atoms with Crippen molar-refractivity contribution in [1.29, 1.82) is 0 Å². The predicted octanol–water partition coefficient (Wildman–Crippen LogP) is 4.34. The van der Waals surface area contributed by atoms with Crippen molar-refractivity contribution in [3.63, 3.8) is 0 Å². The lowest BCUT2D eigenvalue weighted by molar-refractivity contribution is 0.411. The van der Waals surface area contributed by atoms with Gasteiger partial charge in [-0.15, -0.1) is 0 Å². The smallest absolute Gasteiger partial charge is 0.0346 e. The molecule has 0 unspecified atom stereocenters. The zero-order valence-corrected chi connectivity index (χ0v) is 10.8. The molecule has 1 heteroatoms. The molecule has 0 N–H and O–H groups in total. The van der Waals surface area contributed by atoms with Gasteiger partial charge in [0, 0.05) is 12.4 Å². The van der Waals surface area contributed by atoms with Gasteiger partial charge in [-0.1, -0.05) is 51.1 Å². The standard InChI is InChI=1S/C16H19N/c1-16(2,3)11-13-6-8-14(9-7-13)15-5-4-10-17-12-15/h4-10,12H,11H2,1-3H3. The number of hydrogen-bond donors (Lipinski definition) is 0. The van der Waals surface area contributed by atoms with Crippen LogP contribution in [0.5, 0.6) is 0 Å². The van der Waals surface area contributed by atoms with Crippen LogP contribution in [0, 0.1) is 5.41 Å². The summed E-state index contributed by atoms with van der Waals surface area (Å²) in [7, 11) is 0. The Kier molecular flexibility index (Phi) is 3.28. The number of pyridine rings is 1. The Morgan fingerprint density at radius 3 is 2.18 bits per heavy atom. The largest absolute Gasteiger partial charge is 0.264 e. The Bertz CT molecular complexity index is 463. The van der Waals surface area contributed by atoms with Gasteiger partial charge in [0.05, 0.1) is 0 Å². The molecule has 1 aromatic carbocycles. The van der Waals surface area contributed by atoms with Crippen molar-refractivity contribution < 1.29 is 0 Å². The third-order valence-corrected chi connectivity index (χ3v) is 2.68. The van der Waals surface area contributed by atoms with Crippen molar-refractivity contribution in [2.24, 2.45) is 5.41 Å². The molecule has 0 atom stereocenters. The SMILES string of the molecule is CC(C)(C)Cc1ccc(-c2cccnc2)cc1. The van der Waals surface area contributed by atoms with E-state index in [2.05, 4.69) is 56.1 Å². The van der Waals surface area contributed by atoms with Gasteiger partial charge in [0.1, 0.15) is 0 Å². The molecule has 0 aliphatic heterocycles. The van der Waals surface area contributed by atoms with Crippen LogP contribution in [0.2, 0.25) is 0 Å². The number of aromatic nitrogens is 1. The second-order valence-electron chi connectivity index (χ2n) is 5.68. The molecule has 1 heterocycles. The molecule has 2 rings (SSSR count). The van der Waals surface area contributed by atoms with E-state index in [0.29, 0.717) is 5.41 Å². The summed E-state index contributed by atoms with van der Waals surface area (Å²) in [5.74, 6) is 0. The van der Waals surface area contributed by atoms with E-state index in [4.69, 9.17) is 0 Å². The minimum Gasteiger partial charge on any atom is -0.264 e. The lowest BCUT2D eigenvalue weighted by Gasteiger charge is -2.18. The molecular formula is C16H19N. The van der Waals surface area contributed by atoms with Crippen molar-refractivity contribution in [2.45, 2.75) is 27.2 Å². The number of benzene rings is 1.